The van der Waals surface area contributed by atoms with Crippen LogP contribution in [0, 0.1) is 12.7 Å². The van der Waals surface area contributed by atoms with E-state index in [9.17, 15) is 9.18 Å². The smallest absolute Gasteiger partial charge is 0.187 e. The molecule has 3 aromatic heterocycles. The molecule has 3 rings (SSSR count). The van der Waals surface area contributed by atoms with Crippen LogP contribution in [0.4, 0.5) is 4.39 Å². The van der Waals surface area contributed by atoms with E-state index in [0.29, 0.717) is 22.9 Å². The van der Waals surface area contributed by atoms with Crippen LogP contribution in [0.25, 0.3) is 0 Å². The molecule has 5 nitrogen and oxygen atoms in total. The van der Waals surface area contributed by atoms with E-state index < -0.39 is 5.82 Å². The van der Waals surface area contributed by atoms with Gasteiger partial charge in [-0.05, 0) is 31.2 Å². The van der Waals surface area contributed by atoms with E-state index in [2.05, 4.69) is 15.0 Å². The quantitative estimate of drug-likeness (QED) is 0.672. The lowest BCUT2D eigenvalue weighted by Gasteiger charge is -2.08. The second-order valence-corrected chi connectivity index (χ2v) is 5.19. The SMILES string of the molecule is Cc1cc(Oc2cccnc2)cc(C(=O)Cc2ccc(F)cn2)n1. The summed E-state index contributed by atoms with van der Waals surface area (Å²) in [6.07, 6.45) is 4.36. The summed E-state index contributed by atoms with van der Waals surface area (Å²) in [4.78, 5) is 24.5. The molecular formula is C18H14FN3O2. The van der Waals surface area contributed by atoms with Gasteiger partial charge < -0.3 is 4.74 Å². The van der Waals surface area contributed by atoms with Crippen molar-refractivity contribution in [3.8, 4) is 11.5 Å². The van der Waals surface area contributed by atoms with E-state index in [-0.39, 0.29) is 17.9 Å². The van der Waals surface area contributed by atoms with Crippen LogP contribution in [-0.2, 0) is 6.42 Å². The standard InChI is InChI=1S/C18H14FN3O2/c1-12-7-16(24-15-3-2-6-20-11-15)9-17(22-12)18(23)8-14-5-4-13(19)10-21-14/h2-7,9-11H,8H2,1H3. The summed E-state index contributed by atoms with van der Waals surface area (Å²) in [6.45, 7) is 1.78. The Morgan fingerprint density at radius 3 is 2.75 bits per heavy atom. The van der Waals surface area contributed by atoms with Crippen molar-refractivity contribution in [2.45, 2.75) is 13.3 Å². The fourth-order valence-electron chi connectivity index (χ4n) is 2.15. The molecule has 0 N–H and O–H groups in total. The summed E-state index contributed by atoms with van der Waals surface area (Å²) >= 11 is 0. The summed E-state index contributed by atoms with van der Waals surface area (Å²) in [5, 5.41) is 0. The van der Waals surface area contributed by atoms with Gasteiger partial charge in [-0.25, -0.2) is 9.37 Å². The molecule has 120 valence electrons. The van der Waals surface area contributed by atoms with Crippen molar-refractivity contribution in [2.24, 2.45) is 0 Å². The van der Waals surface area contributed by atoms with Crippen molar-refractivity contribution >= 4 is 5.78 Å². The van der Waals surface area contributed by atoms with Crippen molar-refractivity contribution < 1.29 is 13.9 Å². The summed E-state index contributed by atoms with van der Waals surface area (Å²) < 4.78 is 18.6. The van der Waals surface area contributed by atoms with Crippen LogP contribution in [0.15, 0.2) is 55.0 Å². The van der Waals surface area contributed by atoms with Crippen molar-refractivity contribution in [1.29, 1.82) is 0 Å². The van der Waals surface area contributed by atoms with E-state index in [4.69, 9.17) is 4.74 Å². The molecule has 0 fully saturated rings. The van der Waals surface area contributed by atoms with Crippen LogP contribution in [0.1, 0.15) is 21.9 Å². The highest BCUT2D eigenvalue weighted by atomic mass is 19.1. The van der Waals surface area contributed by atoms with Gasteiger partial charge in [0.15, 0.2) is 5.78 Å². The third kappa shape index (κ3) is 3.98. The van der Waals surface area contributed by atoms with Gasteiger partial charge in [-0.3, -0.25) is 14.8 Å². The van der Waals surface area contributed by atoms with Crippen molar-refractivity contribution in [3.05, 3.63) is 77.9 Å². The van der Waals surface area contributed by atoms with Gasteiger partial charge in [0.1, 0.15) is 23.0 Å². The average Bonchev–Trinajstić information content (AvgIpc) is 2.57. The number of carbonyl (C=O) groups is 1. The van der Waals surface area contributed by atoms with Crippen molar-refractivity contribution in [2.75, 3.05) is 0 Å². The predicted molar refractivity (Wildman–Crippen MR) is 85.5 cm³/mol. The maximum atomic E-state index is 12.9. The molecule has 0 aliphatic rings. The van der Waals surface area contributed by atoms with E-state index >= 15 is 0 Å². The number of halogens is 1. The van der Waals surface area contributed by atoms with Gasteiger partial charge in [0.2, 0.25) is 0 Å². The first-order chi connectivity index (χ1) is 11.6. The Morgan fingerprint density at radius 1 is 1.17 bits per heavy atom. The molecule has 0 unspecified atom stereocenters. The average molecular weight is 323 g/mol. The zero-order valence-corrected chi connectivity index (χ0v) is 12.9. The van der Waals surface area contributed by atoms with E-state index in [1.54, 1.807) is 43.6 Å². The van der Waals surface area contributed by atoms with Crippen LogP contribution < -0.4 is 4.74 Å². The Labute approximate surface area is 138 Å². The Kier molecular flexibility index (Phi) is 4.56. The largest absolute Gasteiger partial charge is 0.456 e. The summed E-state index contributed by atoms with van der Waals surface area (Å²) in [5.74, 6) is 0.425. The van der Waals surface area contributed by atoms with E-state index in [0.717, 1.165) is 6.20 Å². The van der Waals surface area contributed by atoms with Gasteiger partial charge in [0.05, 0.1) is 18.8 Å². The minimum Gasteiger partial charge on any atom is -0.456 e. The van der Waals surface area contributed by atoms with Gasteiger partial charge in [0, 0.05) is 29.7 Å². The number of rotatable bonds is 5. The predicted octanol–water partition coefficient (Wildman–Crippen LogP) is 3.54. The van der Waals surface area contributed by atoms with Gasteiger partial charge in [-0.15, -0.1) is 0 Å². The first kappa shape index (κ1) is 15.7. The van der Waals surface area contributed by atoms with Gasteiger partial charge in [-0.1, -0.05) is 0 Å². The highest BCUT2D eigenvalue weighted by Crippen LogP contribution is 2.22. The van der Waals surface area contributed by atoms with E-state index in [1.807, 2.05) is 0 Å². The summed E-state index contributed by atoms with van der Waals surface area (Å²) in [6, 6.07) is 9.60. The number of aryl methyl sites for hydroxylation is 1. The van der Waals surface area contributed by atoms with Crippen molar-refractivity contribution in [1.82, 2.24) is 15.0 Å². The van der Waals surface area contributed by atoms with Gasteiger partial charge in [0.25, 0.3) is 0 Å². The van der Waals surface area contributed by atoms with Gasteiger partial charge >= 0.3 is 0 Å². The number of ketones is 1. The van der Waals surface area contributed by atoms with Crippen LogP contribution in [0.3, 0.4) is 0 Å². The second-order valence-electron chi connectivity index (χ2n) is 5.19. The maximum absolute atomic E-state index is 12.9. The highest BCUT2D eigenvalue weighted by molar-refractivity contribution is 5.95. The number of Topliss-reactive ketones (excluding diaryl/α,β-unsaturated/α-hetero) is 1. The molecule has 6 heteroatoms. The molecule has 3 heterocycles. The lowest BCUT2D eigenvalue weighted by Crippen LogP contribution is -2.08. The first-order valence-electron chi connectivity index (χ1n) is 7.30. The topological polar surface area (TPSA) is 65.0 Å². The zero-order valence-electron chi connectivity index (χ0n) is 12.9. The Hall–Kier alpha value is -3.15. The van der Waals surface area contributed by atoms with Crippen LogP contribution >= 0.6 is 0 Å². The molecule has 3 aromatic rings. The second kappa shape index (κ2) is 6.95. The molecule has 0 aliphatic carbocycles. The highest BCUT2D eigenvalue weighted by Gasteiger charge is 2.12. The third-order valence-corrected chi connectivity index (χ3v) is 3.21. The molecule has 0 aliphatic heterocycles. The summed E-state index contributed by atoms with van der Waals surface area (Å²) in [7, 11) is 0. The first-order valence-corrected chi connectivity index (χ1v) is 7.30. The molecule has 0 aromatic carbocycles. The lowest BCUT2D eigenvalue weighted by molar-refractivity contribution is 0.0986. The van der Waals surface area contributed by atoms with Crippen LogP contribution in [0.5, 0.6) is 11.5 Å². The van der Waals surface area contributed by atoms with Gasteiger partial charge in [-0.2, -0.15) is 0 Å². The Bertz CT molecular complexity index is 852. The monoisotopic (exact) mass is 323 g/mol. The molecule has 0 amide bonds. The van der Waals surface area contributed by atoms with Crippen LogP contribution in [0.2, 0.25) is 0 Å². The molecule has 0 radical (unpaired) electrons. The number of carbonyl (C=O) groups excluding carboxylic acids is 1. The number of nitrogens with zero attached hydrogens (tertiary/aromatic N) is 3. The molecule has 0 atom stereocenters. The normalized spacial score (nSPS) is 10.4. The van der Waals surface area contributed by atoms with Crippen molar-refractivity contribution in [3.63, 3.8) is 0 Å². The minimum atomic E-state index is -0.438. The molecular weight excluding hydrogens is 309 g/mol. The third-order valence-electron chi connectivity index (χ3n) is 3.21. The number of pyridine rings is 3. The molecule has 0 saturated carbocycles. The lowest BCUT2D eigenvalue weighted by atomic mass is 10.1. The number of aromatic nitrogens is 3. The molecule has 0 spiro atoms. The Morgan fingerprint density at radius 2 is 2.04 bits per heavy atom. The number of hydrogen-bond acceptors (Lipinski definition) is 5. The number of hydrogen-bond donors (Lipinski definition) is 0. The zero-order chi connectivity index (χ0) is 16.9. The Balaban J connectivity index is 1.80. The number of ether oxygens (including phenoxy) is 1. The molecule has 0 saturated heterocycles. The van der Waals surface area contributed by atoms with Crippen LogP contribution in [-0.4, -0.2) is 20.7 Å². The molecule has 0 bridgehead atoms. The fraction of sp³-hybridized carbons (Fsp3) is 0.111. The fourth-order valence-corrected chi connectivity index (χ4v) is 2.15. The molecule has 24 heavy (non-hydrogen) atoms. The van der Waals surface area contributed by atoms with E-state index in [1.165, 1.54) is 12.1 Å². The minimum absolute atomic E-state index is 0.0447. The maximum Gasteiger partial charge on any atom is 0.187 e. The summed E-state index contributed by atoms with van der Waals surface area (Å²) in [5.41, 5.74) is 1.42.